The first-order valence-electron chi connectivity index (χ1n) is 3.73. The van der Waals surface area contributed by atoms with Crippen LogP contribution in [0.2, 0.25) is 0 Å². The molecule has 0 heterocycles. The monoisotopic (exact) mass is 168 g/mol. The molecule has 0 saturated carbocycles. The van der Waals surface area contributed by atoms with Crippen LogP contribution in [0.4, 0.5) is 0 Å². The summed E-state index contributed by atoms with van der Waals surface area (Å²) in [5, 5.41) is 17.6. The molecule has 3 nitrogen and oxygen atoms in total. The van der Waals surface area contributed by atoms with Gasteiger partial charge in [0.15, 0.2) is 5.79 Å². The maximum absolute atomic E-state index is 9.30. The van der Waals surface area contributed by atoms with E-state index in [4.69, 9.17) is 5.26 Å². The van der Waals surface area contributed by atoms with Crippen LogP contribution in [0, 0.1) is 0 Å². The Morgan fingerprint density at radius 3 is 2.42 bits per heavy atom. The molecule has 1 rings (SSSR count). The van der Waals surface area contributed by atoms with Crippen molar-refractivity contribution in [2.24, 2.45) is 0 Å². The highest BCUT2D eigenvalue weighted by atomic mass is 17.1. The highest BCUT2D eigenvalue weighted by Gasteiger charge is 2.21. The average Bonchev–Trinajstić information content (AvgIpc) is 2.06. The fourth-order valence-corrected chi connectivity index (χ4v) is 1.01. The van der Waals surface area contributed by atoms with Gasteiger partial charge in [-0.2, -0.15) is 0 Å². The fourth-order valence-electron chi connectivity index (χ4n) is 1.01. The van der Waals surface area contributed by atoms with Gasteiger partial charge in [-0.1, -0.05) is 30.3 Å². The molecule has 0 aromatic heterocycles. The summed E-state index contributed by atoms with van der Waals surface area (Å²) in [7, 11) is 0. The van der Waals surface area contributed by atoms with Crippen LogP contribution in [-0.4, -0.2) is 16.2 Å². The number of rotatable bonds is 3. The molecule has 0 fully saturated rings. The van der Waals surface area contributed by atoms with Crippen LogP contribution in [0.3, 0.4) is 0 Å². The molecule has 3 heteroatoms. The lowest BCUT2D eigenvalue weighted by Gasteiger charge is -2.18. The van der Waals surface area contributed by atoms with E-state index in [2.05, 4.69) is 4.89 Å². The third-order valence-corrected chi connectivity index (χ3v) is 1.57. The molecule has 2 N–H and O–H groups in total. The first-order valence-corrected chi connectivity index (χ1v) is 3.73. The lowest BCUT2D eigenvalue weighted by Crippen LogP contribution is -2.29. The molecule has 1 atom stereocenters. The second-order valence-corrected chi connectivity index (χ2v) is 2.93. The van der Waals surface area contributed by atoms with E-state index in [1.807, 2.05) is 30.3 Å². The molecule has 1 aromatic rings. The summed E-state index contributed by atoms with van der Waals surface area (Å²) in [4.78, 5) is 3.90. The lowest BCUT2D eigenvalue weighted by atomic mass is 10.1. The SMILES string of the molecule is CC(O)(Cc1ccccc1)OO. The van der Waals surface area contributed by atoms with Crippen molar-refractivity contribution in [1.29, 1.82) is 0 Å². The zero-order valence-corrected chi connectivity index (χ0v) is 6.90. The van der Waals surface area contributed by atoms with E-state index in [1.54, 1.807) is 0 Å². The predicted octanol–water partition coefficient (Wildman–Crippen LogP) is 1.43. The van der Waals surface area contributed by atoms with Crippen molar-refractivity contribution in [3.8, 4) is 0 Å². The van der Waals surface area contributed by atoms with Gasteiger partial charge in [0, 0.05) is 6.42 Å². The first-order chi connectivity index (χ1) is 5.64. The first kappa shape index (κ1) is 9.19. The lowest BCUT2D eigenvalue weighted by molar-refractivity contribution is -0.384. The third kappa shape index (κ3) is 2.62. The number of hydrogen-bond acceptors (Lipinski definition) is 3. The smallest absolute Gasteiger partial charge is 0.200 e. The second kappa shape index (κ2) is 3.67. The summed E-state index contributed by atoms with van der Waals surface area (Å²) in [5.74, 6) is -1.50. The Balaban J connectivity index is 2.64. The van der Waals surface area contributed by atoms with Gasteiger partial charge in [-0.25, -0.2) is 10.1 Å². The molecule has 0 aliphatic heterocycles. The minimum atomic E-state index is -1.50. The number of aliphatic hydroxyl groups is 1. The highest BCUT2D eigenvalue weighted by Crippen LogP contribution is 2.12. The highest BCUT2D eigenvalue weighted by molar-refractivity contribution is 5.15. The Labute approximate surface area is 71.2 Å². The summed E-state index contributed by atoms with van der Waals surface area (Å²) in [6.07, 6.45) is 0.268. The Hall–Kier alpha value is -0.900. The normalized spacial score (nSPS) is 15.6. The molecular formula is C9H12O3. The van der Waals surface area contributed by atoms with Gasteiger partial charge in [0.05, 0.1) is 0 Å². The molecule has 12 heavy (non-hydrogen) atoms. The van der Waals surface area contributed by atoms with E-state index >= 15 is 0 Å². The minimum absolute atomic E-state index is 0.268. The van der Waals surface area contributed by atoms with E-state index in [0.717, 1.165) is 5.56 Å². The summed E-state index contributed by atoms with van der Waals surface area (Å²) >= 11 is 0. The molecular weight excluding hydrogens is 156 g/mol. The minimum Gasteiger partial charge on any atom is -0.363 e. The molecule has 0 aliphatic carbocycles. The van der Waals surface area contributed by atoms with Crippen molar-refractivity contribution in [1.82, 2.24) is 0 Å². The standard InChI is InChI=1S/C9H12O3/c1-9(10,12-11)7-8-5-3-2-4-6-8/h2-6,10-11H,7H2,1H3. The van der Waals surface area contributed by atoms with Crippen molar-refractivity contribution in [2.45, 2.75) is 19.1 Å². The maximum atomic E-state index is 9.30. The van der Waals surface area contributed by atoms with Crippen molar-refractivity contribution in [3.63, 3.8) is 0 Å². The molecule has 1 aromatic carbocycles. The summed E-state index contributed by atoms with van der Waals surface area (Å²) in [5.41, 5.74) is 0.913. The summed E-state index contributed by atoms with van der Waals surface area (Å²) in [6.45, 7) is 1.40. The van der Waals surface area contributed by atoms with Gasteiger partial charge in [0.1, 0.15) is 0 Å². The van der Waals surface area contributed by atoms with Crippen molar-refractivity contribution in [2.75, 3.05) is 0 Å². The van der Waals surface area contributed by atoms with Crippen LogP contribution in [0.15, 0.2) is 30.3 Å². The predicted molar refractivity (Wildman–Crippen MR) is 44.5 cm³/mol. The van der Waals surface area contributed by atoms with Crippen LogP contribution in [0.5, 0.6) is 0 Å². The van der Waals surface area contributed by atoms with Crippen molar-refractivity contribution < 1.29 is 15.3 Å². The Kier molecular flexibility index (Phi) is 2.81. The molecule has 0 bridgehead atoms. The van der Waals surface area contributed by atoms with Crippen molar-refractivity contribution in [3.05, 3.63) is 35.9 Å². The molecule has 0 radical (unpaired) electrons. The Bertz CT molecular complexity index is 231. The average molecular weight is 168 g/mol. The molecule has 0 aliphatic rings. The Morgan fingerprint density at radius 2 is 1.92 bits per heavy atom. The number of hydrogen-bond donors (Lipinski definition) is 2. The molecule has 0 saturated heterocycles. The van der Waals surface area contributed by atoms with Gasteiger partial charge < -0.3 is 5.11 Å². The van der Waals surface area contributed by atoms with Gasteiger partial charge in [-0.3, -0.25) is 0 Å². The van der Waals surface area contributed by atoms with Gasteiger partial charge in [-0.15, -0.1) is 0 Å². The van der Waals surface area contributed by atoms with E-state index in [1.165, 1.54) is 6.92 Å². The van der Waals surface area contributed by atoms with Crippen LogP contribution in [0.25, 0.3) is 0 Å². The molecule has 0 amide bonds. The maximum Gasteiger partial charge on any atom is 0.200 e. The zero-order chi connectivity index (χ0) is 9.03. The summed E-state index contributed by atoms with van der Waals surface area (Å²) in [6, 6.07) is 9.32. The van der Waals surface area contributed by atoms with Crippen LogP contribution < -0.4 is 0 Å². The van der Waals surface area contributed by atoms with E-state index < -0.39 is 5.79 Å². The Morgan fingerprint density at radius 1 is 1.33 bits per heavy atom. The van der Waals surface area contributed by atoms with Gasteiger partial charge in [0.2, 0.25) is 0 Å². The van der Waals surface area contributed by atoms with E-state index in [9.17, 15) is 5.11 Å². The van der Waals surface area contributed by atoms with Crippen molar-refractivity contribution >= 4 is 0 Å². The zero-order valence-electron chi connectivity index (χ0n) is 6.90. The van der Waals surface area contributed by atoms with Crippen LogP contribution >= 0.6 is 0 Å². The molecule has 0 spiro atoms. The topological polar surface area (TPSA) is 49.7 Å². The fraction of sp³-hybridized carbons (Fsp3) is 0.333. The quantitative estimate of drug-likeness (QED) is 0.408. The van der Waals surface area contributed by atoms with Gasteiger partial charge in [0.25, 0.3) is 0 Å². The largest absolute Gasteiger partial charge is 0.363 e. The van der Waals surface area contributed by atoms with Crippen LogP contribution in [0.1, 0.15) is 12.5 Å². The molecule has 1 unspecified atom stereocenters. The van der Waals surface area contributed by atoms with E-state index in [0.29, 0.717) is 0 Å². The van der Waals surface area contributed by atoms with Gasteiger partial charge in [-0.05, 0) is 12.5 Å². The molecule has 66 valence electrons. The summed E-state index contributed by atoms with van der Waals surface area (Å²) < 4.78 is 0. The van der Waals surface area contributed by atoms with Crippen LogP contribution in [-0.2, 0) is 11.3 Å². The van der Waals surface area contributed by atoms with Gasteiger partial charge >= 0.3 is 0 Å². The van der Waals surface area contributed by atoms with E-state index in [-0.39, 0.29) is 6.42 Å². The second-order valence-electron chi connectivity index (χ2n) is 2.93. The third-order valence-electron chi connectivity index (χ3n) is 1.57. The number of benzene rings is 1.